The zero-order chi connectivity index (χ0) is 16.7. The van der Waals surface area contributed by atoms with Gasteiger partial charge >= 0.3 is 0 Å². The lowest BCUT2D eigenvalue weighted by molar-refractivity contribution is 0.303. The first-order chi connectivity index (χ1) is 11.1. The van der Waals surface area contributed by atoms with E-state index in [-0.39, 0.29) is 11.9 Å². The fourth-order valence-electron chi connectivity index (χ4n) is 2.14. The Morgan fingerprint density at radius 3 is 2.52 bits per heavy atom. The van der Waals surface area contributed by atoms with Crippen LogP contribution < -0.4 is 21.5 Å². The van der Waals surface area contributed by atoms with E-state index >= 15 is 0 Å². The molecule has 1 aromatic carbocycles. The maximum absolute atomic E-state index is 5.91. The van der Waals surface area contributed by atoms with E-state index in [2.05, 4.69) is 27.2 Å². The Morgan fingerprint density at radius 2 is 1.83 bits per heavy atom. The molecule has 0 atom stereocenters. The molecule has 5 N–H and O–H groups in total. The van der Waals surface area contributed by atoms with Crippen LogP contribution in [0.4, 0.5) is 17.8 Å². The molecule has 124 valence electrons. The summed E-state index contributed by atoms with van der Waals surface area (Å²) in [7, 11) is 0. The van der Waals surface area contributed by atoms with E-state index in [1.165, 1.54) is 12.8 Å². The third kappa shape index (κ3) is 5.28. The zero-order valence-corrected chi connectivity index (χ0v) is 13.7. The van der Waals surface area contributed by atoms with E-state index in [0.717, 1.165) is 29.9 Å². The van der Waals surface area contributed by atoms with Crippen molar-refractivity contribution in [2.24, 2.45) is 0 Å². The predicted molar refractivity (Wildman–Crippen MR) is 92.2 cm³/mol. The van der Waals surface area contributed by atoms with Gasteiger partial charge in [-0.05, 0) is 25.0 Å². The van der Waals surface area contributed by atoms with Crippen LogP contribution in [0.15, 0.2) is 18.2 Å². The second-order valence-corrected chi connectivity index (χ2v) is 5.40. The molecule has 2 aromatic rings. The smallest absolute Gasteiger partial charge is 0.229 e. The lowest BCUT2D eigenvalue weighted by atomic mass is 10.1. The minimum Gasteiger partial charge on any atom is -0.493 e. The number of aromatic nitrogens is 3. The van der Waals surface area contributed by atoms with Gasteiger partial charge in [0.15, 0.2) is 0 Å². The maximum atomic E-state index is 5.91. The van der Waals surface area contributed by atoms with Gasteiger partial charge in [0, 0.05) is 12.1 Å². The van der Waals surface area contributed by atoms with E-state index in [0.29, 0.717) is 12.5 Å². The summed E-state index contributed by atoms with van der Waals surface area (Å²) in [6, 6.07) is 6.12. The minimum atomic E-state index is 0.0972. The topological polar surface area (TPSA) is 112 Å². The summed E-state index contributed by atoms with van der Waals surface area (Å²) < 4.78 is 5.91. The quantitative estimate of drug-likeness (QED) is 0.641. The molecule has 0 saturated carbocycles. The molecule has 0 spiro atoms. The van der Waals surface area contributed by atoms with Crippen molar-refractivity contribution in [1.82, 2.24) is 15.0 Å². The molecule has 0 aliphatic heterocycles. The van der Waals surface area contributed by atoms with Gasteiger partial charge in [-0.15, -0.1) is 0 Å². The van der Waals surface area contributed by atoms with Gasteiger partial charge in [-0.3, -0.25) is 0 Å². The number of ether oxygens (including phenoxy) is 1. The molecule has 2 rings (SSSR count). The highest BCUT2D eigenvalue weighted by Gasteiger charge is 2.07. The van der Waals surface area contributed by atoms with Crippen LogP contribution in [-0.2, 0) is 6.54 Å². The highest BCUT2D eigenvalue weighted by molar-refractivity contribution is 5.42. The van der Waals surface area contributed by atoms with Crippen LogP contribution >= 0.6 is 0 Å². The summed E-state index contributed by atoms with van der Waals surface area (Å²) in [6.07, 6.45) is 3.40. The first kappa shape index (κ1) is 16.8. The van der Waals surface area contributed by atoms with Crippen LogP contribution in [0, 0.1) is 6.92 Å². The standard InChI is InChI=1S/C16H24N6O/c1-3-4-5-8-23-13-9-11(2)6-7-12(13)10-19-16-21-14(17)20-15(18)22-16/h6-7,9H,3-5,8,10H2,1-2H3,(H5,17,18,19,20,21,22). The molecule has 7 nitrogen and oxygen atoms in total. The second kappa shape index (κ2) is 8.17. The average Bonchev–Trinajstić information content (AvgIpc) is 2.50. The normalized spacial score (nSPS) is 10.5. The number of rotatable bonds is 8. The number of benzene rings is 1. The van der Waals surface area contributed by atoms with Gasteiger partial charge in [-0.2, -0.15) is 15.0 Å². The van der Waals surface area contributed by atoms with Crippen LogP contribution in [0.25, 0.3) is 0 Å². The minimum absolute atomic E-state index is 0.0972. The summed E-state index contributed by atoms with van der Waals surface area (Å²) in [5, 5.41) is 3.10. The van der Waals surface area contributed by atoms with Crippen molar-refractivity contribution in [2.75, 3.05) is 23.4 Å². The van der Waals surface area contributed by atoms with Crippen LogP contribution in [0.5, 0.6) is 5.75 Å². The molecule has 0 fully saturated rings. The Labute approximate surface area is 136 Å². The van der Waals surface area contributed by atoms with Gasteiger partial charge in [0.05, 0.1) is 6.61 Å². The Balaban J connectivity index is 2.03. The molecule has 0 radical (unpaired) electrons. The Morgan fingerprint density at radius 1 is 1.09 bits per heavy atom. The third-order valence-electron chi connectivity index (χ3n) is 3.34. The molecular weight excluding hydrogens is 292 g/mol. The number of hydrogen-bond donors (Lipinski definition) is 3. The first-order valence-corrected chi connectivity index (χ1v) is 7.81. The number of nitrogens with zero attached hydrogens (tertiary/aromatic N) is 3. The molecule has 0 aliphatic rings. The van der Waals surface area contributed by atoms with Gasteiger partial charge in [0.25, 0.3) is 0 Å². The molecule has 1 aromatic heterocycles. The fourth-order valence-corrected chi connectivity index (χ4v) is 2.14. The lowest BCUT2D eigenvalue weighted by Crippen LogP contribution is -2.10. The van der Waals surface area contributed by atoms with Gasteiger partial charge < -0.3 is 21.5 Å². The SMILES string of the molecule is CCCCCOc1cc(C)ccc1CNc1nc(N)nc(N)n1. The highest BCUT2D eigenvalue weighted by atomic mass is 16.5. The Bertz CT molecular complexity index is 626. The Kier molecular flexibility index (Phi) is 5.96. The molecule has 23 heavy (non-hydrogen) atoms. The molecule has 7 heteroatoms. The zero-order valence-electron chi connectivity index (χ0n) is 13.7. The van der Waals surface area contributed by atoms with Crippen LogP contribution in [0.2, 0.25) is 0 Å². The maximum Gasteiger partial charge on any atom is 0.229 e. The summed E-state index contributed by atoms with van der Waals surface area (Å²) in [4.78, 5) is 11.8. The van der Waals surface area contributed by atoms with Crippen molar-refractivity contribution >= 4 is 17.8 Å². The van der Waals surface area contributed by atoms with Gasteiger partial charge in [-0.25, -0.2) is 0 Å². The van der Waals surface area contributed by atoms with E-state index in [9.17, 15) is 0 Å². The van der Waals surface area contributed by atoms with Crippen LogP contribution in [0.3, 0.4) is 0 Å². The van der Waals surface area contributed by atoms with E-state index in [1.54, 1.807) is 0 Å². The van der Waals surface area contributed by atoms with Crippen molar-refractivity contribution in [3.8, 4) is 5.75 Å². The van der Waals surface area contributed by atoms with Crippen molar-refractivity contribution < 1.29 is 4.74 Å². The molecule has 0 saturated heterocycles. The molecule has 0 unspecified atom stereocenters. The highest BCUT2D eigenvalue weighted by Crippen LogP contribution is 2.22. The molecule has 1 heterocycles. The third-order valence-corrected chi connectivity index (χ3v) is 3.34. The first-order valence-electron chi connectivity index (χ1n) is 7.81. The van der Waals surface area contributed by atoms with E-state index in [1.807, 2.05) is 25.1 Å². The average molecular weight is 316 g/mol. The molecular formula is C16H24N6O. The number of hydrogen-bond acceptors (Lipinski definition) is 7. The summed E-state index contributed by atoms with van der Waals surface area (Å²) >= 11 is 0. The van der Waals surface area contributed by atoms with Crippen LogP contribution in [0.1, 0.15) is 37.3 Å². The van der Waals surface area contributed by atoms with Crippen molar-refractivity contribution in [2.45, 2.75) is 39.7 Å². The number of anilines is 3. The second-order valence-electron chi connectivity index (χ2n) is 5.40. The van der Waals surface area contributed by atoms with Crippen molar-refractivity contribution in [3.63, 3.8) is 0 Å². The summed E-state index contributed by atoms with van der Waals surface area (Å²) in [6.45, 7) is 5.46. The van der Waals surface area contributed by atoms with E-state index in [4.69, 9.17) is 16.2 Å². The number of nitrogens with one attached hydrogen (secondary N) is 1. The predicted octanol–water partition coefficient (Wildman–Crippen LogP) is 2.53. The van der Waals surface area contributed by atoms with Crippen molar-refractivity contribution in [3.05, 3.63) is 29.3 Å². The number of unbranched alkanes of at least 4 members (excludes halogenated alkanes) is 2. The molecule has 0 bridgehead atoms. The van der Waals surface area contributed by atoms with Gasteiger partial charge in [-0.1, -0.05) is 31.9 Å². The largest absolute Gasteiger partial charge is 0.493 e. The van der Waals surface area contributed by atoms with E-state index < -0.39 is 0 Å². The van der Waals surface area contributed by atoms with Gasteiger partial charge in [0.1, 0.15) is 5.75 Å². The fraction of sp³-hybridized carbons (Fsp3) is 0.438. The Hall–Kier alpha value is -2.57. The summed E-state index contributed by atoms with van der Waals surface area (Å²) in [5.41, 5.74) is 13.3. The van der Waals surface area contributed by atoms with Crippen LogP contribution in [-0.4, -0.2) is 21.6 Å². The molecule has 0 aliphatic carbocycles. The number of aryl methyl sites for hydroxylation is 1. The monoisotopic (exact) mass is 316 g/mol. The van der Waals surface area contributed by atoms with Crippen molar-refractivity contribution in [1.29, 1.82) is 0 Å². The number of nitrogen functional groups attached to an aromatic ring is 2. The number of nitrogens with two attached hydrogens (primary N) is 2. The summed E-state index contributed by atoms with van der Waals surface area (Å²) in [5.74, 6) is 1.43. The molecule has 0 amide bonds. The lowest BCUT2D eigenvalue weighted by Gasteiger charge is -2.13. The van der Waals surface area contributed by atoms with Gasteiger partial charge in [0.2, 0.25) is 17.8 Å².